The van der Waals surface area contributed by atoms with Gasteiger partial charge in [0.2, 0.25) is 0 Å². The van der Waals surface area contributed by atoms with Crippen molar-refractivity contribution in [1.29, 1.82) is 0 Å². The Labute approximate surface area is 122 Å². The lowest BCUT2D eigenvalue weighted by atomic mass is 9.86. The molecule has 0 aliphatic carbocycles. The van der Waals surface area contributed by atoms with Crippen molar-refractivity contribution in [2.75, 3.05) is 27.4 Å². The van der Waals surface area contributed by atoms with Gasteiger partial charge in [-0.1, -0.05) is 20.8 Å². The van der Waals surface area contributed by atoms with Gasteiger partial charge in [0.1, 0.15) is 18.1 Å². The molecule has 0 bridgehead atoms. The minimum absolute atomic E-state index is 0.0184. The van der Waals surface area contributed by atoms with Crippen molar-refractivity contribution in [1.82, 2.24) is 5.32 Å². The Hall–Kier alpha value is -1.26. The molecule has 1 atom stereocenters. The molecule has 0 radical (unpaired) electrons. The van der Waals surface area contributed by atoms with E-state index in [1.165, 1.54) is 0 Å². The monoisotopic (exact) mass is 281 g/mol. The maximum absolute atomic E-state index is 9.41. The van der Waals surface area contributed by atoms with E-state index in [0.29, 0.717) is 6.61 Å². The highest BCUT2D eigenvalue weighted by atomic mass is 16.5. The summed E-state index contributed by atoms with van der Waals surface area (Å²) in [5.74, 6) is 1.65. The highest BCUT2D eigenvalue weighted by Crippen LogP contribution is 2.34. The van der Waals surface area contributed by atoms with E-state index in [9.17, 15) is 5.11 Å². The highest BCUT2D eigenvalue weighted by molar-refractivity contribution is 5.44. The van der Waals surface area contributed by atoms with E-state index in [4.69, 9.17) is 9.47 Å². The molecule has 0 fully saturated rings. The van der Waals surface area contributed by atoms with Crippen LogP contribution in [0, 0.1) is 0 Å². The fourth-order valence-corrected chi connectivity index (χ4v) is 1.78. The van der Waals surface area contributed by atoms with Gasteiger partial charge in [-0.2, -0.15) is 0 Å². The molecule has 0 aliphatic heterocycles. The third kappa shape index (κ3) is 4.12. The maximum atomic E-state index is 9.41. The summed E-state index contributed by atoms with van der Waals surface area (Å²) >= 11 is 0. The first-order chi connectivity index (χ1) is 9.25. The Balaban J connectivity index is 3.00. The van der Waals surface area contributed by atoms with E-state index in [1.807, 2.05) is 32.2 Å². The van der Waals surface area contributed by atoms with Crippen molar-refractivity contribution in [2.24, 2.45) is 0 Å². The standard InChI is InChI=1S/C16H27NO3/c1-15(2,3)13-9-12(19-6)7-8-14(13)20-11-16(4,10-18)17-5/h7-9,17-18H,10-11H2,1-6H3. The molecule has 1 aromatic rings. The number of benzene rings is 1. The van der Waals surface area contributed by atoms with E-state index in [2.05, 4.69) is 26.1 Å². The fraction of sp³-hybridized carbons (Fsp3) is 0.625. The van der Waals surface area contributed by atoms with Crippen LogP contribution in [-0.4, -0.2) is 38.0 Å². The molecule has 0 saturated carbocycles. The zero-order valence-corrected chi connectivity index (χ0v) is 13.4. The quantitative estimate of drug-likeness (QED) is 0.840. The zero-order valence-electron chi connectivity index (χ0n) is 13.4. The fourth-order valence-electron chi connectivity index (χ4n) is 1.78. The summed E-state index contributed by atoms with van der Waals surface area (Å²) in [5, 5.41) is 12.5. The first kappa shape index (κ1) is 16.8. The highest BCUT2D eigenvalue weighted by Gasteiger charge is 2.25. The number of methoxy groups -OCH3 is 1. The van der Waals surface area contributed by atoms with Gasteiger partial charge < -0.3 is 19.9 Å². The largest absolute Gasteiger partial charge is 0.497 e. The molecule has 4 heteroatoms. The van der Waals surface area contributed by atoms with Gasteiger partial charge in [-0.15, -0.1) is 0 Å². The van der Waals surface area contributed by atoms with Crippen molar-refractivity contribution in [3.63, 3.8) is 0 Å². The van der Waals surface area contributed by atoms with Gasteiger partial charge in [-0.3, -0.25) is 0 Å². The van der Waals surface area contributed by atoms with Crippen LogP contribution >= 0.6 is 0 Å². The van der Waals surface area contributed by atoms with Crippen LogP contribution in [0.2, 0.25) is 0 Å². The lowest BCUT2D eigenvalue weighted by Crippen LogP contribution is -2.48. The molecule has 0 aromatic heterocycles. The van der Waals surface area contributed by atoms with E-state index in [0.717, 1.165) is 17.1 Å². The van der Waals surface area contributed by atoms with Gasteiger partial charge >= 0.3 is 0 Å². The number of hydrogen-bond donors (Lipinski definition) is 2. The summed E-state index contributed by atoms with van der Waals surface area (Å²) in [6.07, 6.45) is 0. The van der Waals surface area contributed by atoms with Crippen LogP contribution in [0.25, 0.3) is 0 Å². The summed E-state index contributed by atoms with van der Waals surface area (Å²) in [5.41, 5.74) is 0.599. The number of ether oxygens (including phenoxy) is 2. The van der Waals surface area contributed by atoms with E-state index >= 15 is 0 Å². The van der Waals surface area contributed by atoms with Gasteiger partial charge in [0.25, 0.3) is 0 Å². The molecule has 0 aliphatic rings. The van der Waals surface area contributed by atoms with Crippen LogP contribution in [0.5, 0.6) is 11.5 Å². The van der Waals surface area contributed by atoms with Crippen LogP contribution in [-0.2, 0) is 5.41 Å². The summed E-state index contributed by atoms with van der Waals surface area (Å²) < 4.78 is 11.2. The molecule has 114 valence electrons. The molecule has 20 heavy (non-hydrogen) atoms. The molecule has 4 nitrogen and oxygen atoms in total. The summed E-state index contributed by atoms with van der Waals surface area (Å²) in [6, 6.07) is 5.82. The molecule has 0 heterocycles. The summed E-state index contributed by atoms with van der Waals surface area (Å²) in [6.45, 7) is 8.75. The number of aliphatic hydroxyl groups is 1. The predicted molar refractivity (Wildman–Crippen MR) is 81.7 cm³/mol. The second-order valence-corrected chi connectivity index (χ2v) is 6.37. The second kappa shape index (κ2) is 6.46. The molecule has 1 rings (SSSR count). The van der Waals surface area contributed by atoms with Crippen molar-refractivity contribution < 1.29 is 14.6 Å². The van der Waals surface area contributed by atoms with Crippen LogP contribution in [0.3, 0.4) is 0 Å². The summed E-state index contributed by atoms with van der Waals surface area (Å²) in [7, 11) is 3.48. The lowest BCUT2D eigenvalue weighted by Gasteiger charge is -2.29. The number of hydrogen-bond acceptors (Lipinski definition) is 4. The molecular weight excluding hydrogens is 254 g/mol. The van der Waals surface area contributed by atoms with Crippen LogP contribution < -0.4 is 14.8 Å². The zero-order chi connectivity index (χ0) is 15.4. The average Bonchev–Trinajstić information content (AvgIpc) is 2.43. The molecule has 0 amide bonds. The number of nitrogens with one attached hydrogen (secondary N) is 1. The molecule has 0 saturated heterocycles. The second-order valence-electron chi connectivity index (χ2n) is 6.37. The van der Waals surface area contributed by atoms with E-state index in [-0.39, 0.29) is 12.0 Å². The average molecular weight is 281 g/mol. The van der Waals surface area contributed by atoms with Gasteiger partial charge in [0.05, 0.1) is 19.3 Å². The number of rotatable bonds is 6. The molecule has 0 spiro atoms. The van der Waals surface area contributed by atoms with Crippen LogP contribution in [0.1, 0.15) is 33.3 Å². The van der Waals surface area contributed by atoms with Crippen molar-refractivity contribution in [3.8, 4) is 11.5 Å². The minimum atomic E-state index is -0.449. The predicted octanol–water partition coefficient (Wildman–Crippen LogP) is 2.34. The number of aliphatic hydroxyl groups excluding tert-OH is 1. The Morgan fingerprint density at radius 3 is 2.30 bits per heavy atom. The van der Waals surface area contributed by atoms with Crippen molar-refractivity contribution in [2.45, 2.75) is 38.6 Å². The van der Waals surface area contributed by atoms with E-state index in [1.54, 1.807) is 7.11 Å². The Morgan fingerprint density at radius 2 is 1.85 bits per heavy atom. The Morgan fingerprint density at radius 1 is 1.20 bits per heavy atom. The van der Waals surface area contributed by atoms with Crippen molar-refractivity contribution >= 4 is 0 Å². The SMILES string of the molecule is CNC(C)(CO)COc1ccc(OC)cc1C(C)(C)C. The van der Waals surface area contributed by atoms with E-state index < -0.39 is 5.54 Å². The maximum Gasteiger partial charge on any atom is 0.123 e. The Bertz CT molecular complexity index is 434. The normalized spacial score (nSPS) is 14.8. The Kier molecular flexibility index (Phi) is 5.42. The van der Waals surface area contributed by atoms with Crippen LogP contribution in [0.15, 0.2) is 18.2 Å². The van der Waals surface area contributed by atoms with Gasteiger partial charge in [0, 0.05) is 5.56 Å². The third-order valence-electron chi connectivity index (χ3n) is 3.49. The molecule has 1 unspecified atom stereocenters. The topological polar surface area (TPSA) is 50.7 Å². The molecule has 2 N–H and O–H groups in total. The lowest BCUT2D eigenvalue weighted by molar-refractivity contribution is 0.121. The third-order valence-corrected chi connectivity index (χ3v) is 3.49. The van der Waals surface area contributed by atoms with Crippen molar-refractivity contribution in [3.05, 3.63) is 23.8 Å². The van der Waals surface area contributed by atoms with Gasteiger partial charge in [-0.05, 0) is 37.6 Å². The van der Waals surface area contributed by atoms with Gasteiger partial charge in [-0.25, -0.2) is 0 Å². The first-order valence-electron chi connectivity index (χ1n) is 6.87. The molecule has 1 aromatic carbocycles. The molecular formula is C16H27NO3. The van der Waals surface area contributed by atoms with Crippen LogP contribution in [0.4, 0.5) is 0 Å². The number of likely N-dealkylation sites (N-methyl/N-ethyl adjacent to an activating group) is 1. The first-order valence-corrected chi connectivity index (χ1v) is 6.87. The smallest absolute Gasteiger partial charge is 0.123 e. The van der Waals surface area contributed by atoms with Gasteiger partial charge in [0.15, 0.2) is 0 Å². The minimum Gasteiger partial charge on any atom is -0.497 e. The summed E-state index contributed by atoms with van der Waals surface area (Å²) in [4.78, 5) is 0.